The van der Waals surface area contributed by atoms with E-state index < -0.39 is 11.0 Å². The van der Waals surface area contributed by atoms with Gasteiger partial charge in [0.1, 0.15) is 12.4 Å². The van der Waals surface area contributed by atoms with Crippen molar-refractivity contribution in [3.05, 3.63) is 69.3 Å². The van der Waals surface area contributed by atoms with Crippen molar-refractivity contribution in [3.8, 4) is 5.75 Å². The minimum absolute atomic E-state index is 0.0380. The van der Waals surface area contributed by atoms with Crippen LogP contribution in [0.4, 0.5) is 5.69 Å². The van der Waals surface area contributed by atoms with Gasteiger partial charge in [0.25, 0.3) is 5.69 Å². The van der Waals surface area contributed by atoms with Crippen molar-refractivity contribution in [2.24, 2.45) is 0 Å². The number of benzene rings is 2. The summed E-state index contributed by atoms with van der Waals surface area (Å²) >= 11 is 0. The second-order valence-electron chi connectivity index (χ2n) is 4.93. The lowest BCUT2D eigenvalue weighted by Crippen LogP contribution is -2.02. The highest BCUT2D eigenvalue weighted by Crippen LogP contribution is 2.27. The van der Waals surface area contributed by atoms with E-state index in [9.17, 15) is 15.2 Å². The van der Waals surface area contributed by atoms with Gasteiger partial charge in [-0.3, -0.25) is 10.1 Å². The SMILES string of the molecule is Cc1ccc(C(C)O)c(OCc2cccc([N+](=O)[O-])c2)c1. The molecule has 5 nitrogen and oxygen atoms in total. The van der Waals surface area contributed by atoms with Crippen molar-refractivity contribution in [3.63, 3.8) is 0 Å². The van der Waals surface area contributed by atoms with Crippen molar-refractivity contribution in [2.75, 3.05) is 0 Å². The number of nitro benzene ring substituents is 1. The lowest BCUT2D eigenvalue weighted by atomic mass is 10.1. The van der Waals surface area contributed by atoms with Crippen LogP contribution in [-0.2, 0) is 6.61 Å². The monoisotopic (exact) mass is 287 g/mol. The van der Waals surface area contributed by atoms with E-state index >= 15 is 0 Å². The number of hydrogen-bond acceptors (Lipinski definition) is 4. The molecule has 5 heteroatoms. The number of rotatable bonds is 5. The summed E-state index contributed by atoms with van der Waals surface area (Å²) in [5.74, 6) is 0.594. The van der Waals surface area contributed by atoms with Gasteiger partial charge in [-0.1, -0.05) is 24.3 Å². The zero-order valence-corrected chi connectivity index (χ0v) is 11.9. The van der Waals surface area contributed by atoms with Crippen LogP contribution in [0.3, 0.4) is 0 Å². The van der Waals surface area contributed by atoms with E-state index in [4.69, 9.17) is 4.74 Å². The smallest absolute Gasteiger partial charge is 0.269 e. The first-order valence-electron chi connectivity index (χ1n) is 6.62. The van der Waals surface area contributed by atoms with Crippen LogP contribution in [0.1, 0.15) is 29.7 Å². The molecule has 110 valence electrons. The van der Waals surface area contributed by atoms with Crippen LogP contribution in [0.5, 0.6) is 5.75 Å². The van der Waals surface area contributed by atoms with E-state index in [0.29, 0.717) is 16.9 Å². The summed E-state index contributed by atoms with van der Waals surface area (Å²) in [6.45, 7) is 3.82. The third-order valence-corrected chi connectivity index (χ3v) is 3.13. The van der Waals surface area contributed by atoms with Crippen molar-refractivity contribution < 1.29 is 14.8 Å². The Balaban J connectivity index is 2.18. The lowest BCUT2D eigenvalue weighted by Gasteiger charge is -2.14. The minimum atomic E-state index is -0.634. The Hall–Kier alpha value is -2.40. The Morgan fingerprint density at radius 2 is 2.05 bits per heavy atom. The van der Waals surface area contributed by atoms with E-state index in [-0.39, 0.29) is 12.3 Å². The Labute approximate surface area is 123 Å². The maximum atomic E-state index is 10.7. The molecule has 0 amide bonds. The summed E-state index contributed by atoms with van der Waals surface area (Å²) in [6, 6.07) is 11.9. The summed E-state index contributed by atoms with van der Waals surface area (Å²) < 4.78 is 5.72. The Bertz CT molecular complexity index is 652. The molecule has 2 rings (SSSR count). The van der Waals surface area contributed by atoms with Crippen molar-refractivity contribution in [2.45, 2.75) is 26.6 Å². The van der Waals surface area contributed by atoms with Crippen LogP contribution in [0.15, 0.2) is 42.5 Å². The summed E-state index contributed by atoms with van der Waals surface area (Å²) in [5, 5.41) is 20.5. The van der Waals surface area contributed by atoms with E-state index in [2.05, 4.69) is 0 Å². The highest BCUT2D eigenvalue weighted by molar-refractivity contribution is 5.39. The molecule has 0 saturated heterocycles. The van der Waals surface area contributed by atoms with Gasteiger partial charge in [0.15, 0.2) is 0 Å². The molecule has 1 N–H and O–H groups in total. The zero-order valence-electron chi connectivity index (χ0n) is 11.9. The molecule has 2 aromatic carbocycles. The van der Waals surface area contributed by atoms with Gasteiger partial charge in [0.2, 0.25) is 0 Å². The molecule has 2 aromatic rings. The second-order valence-corrected chi connectivity index (χ2v) is 4.93. The predicted octanol–water partition coefficient (Wildman–Crippen LogP) is 3.54. The lowest BCUT2D eigenvalue weighted by molar-refractivity contribution is -0.384. The van der Waals surface area contributed by atoms with Gasteiger partial charge in [-0.15, -0.1) is 0 Å². The van der Waals surface area contributed by atoms with Gasteiger partial charge in [-0.05, 0) is 31.0 Å². The molecule has 1 unspecified atom stereocenters. The fourth-order valence-electron chi connectivity index (χ4n) is 2.03. The molecule has 0 fully saturated rings. The van der Waals surface area contributed by atoms with Crippen LogP contribution in [0.25, 0.3) is 0 Å². The topological polar surface area (TPSA) is 72.6 Å². The molecule has 1 atom stereocenters. The molecule has 0 radical (unpaired) electrons. The first kappa shape index (κ1) is 15.0. The number of hydrogen-bond donors (Lipinski definition) is 1. The zero-order chi connectivity index (χ0) is 15.4. The number of nitro groups is 1. The van der Waals surface area contributed by atoms with Crippen LogP contribution < -0.4 is 4.74 Å². The molecule has 0 aliphatic heterocycles. The molecular formula is C16H17NO4. The van der Waals surface area contributed by atoms with Crippen LogP contribution in [-0.4, -0.2) is 10.0 Å². The first-order valence-corrected chi connectivity index (χ1v) is 6.62. The fourth-order valence-corrected chi connectivity index (χ4v) is 2.03. The fraction of sp³-hybridized carbons (Fsp3) is 0.250. The van der Waals surface area contributed by atoms with E-state index in [0.717, 1.165) is 5.56 Å². The molecule has 0 spiro atoms. The third kappa shape index (κ3) is 3.79. The van der Waals surface area contributed by atoms with Crippen LogP contribution in [0.2, 0.25) is 0 Å². The van der Waals surface area contributed by atoms with Gasteiger partial charge in [0, 0.05) is 17.7 Å². The van der Waals surface area contributed by atoms with E-state index in [1.54, 1.807) is 19.1 Å². The summed E-state index contributed by atoms with van der Waals surface area (Å²) in [4.78, 5) is 10.3. The van der Waals surface area contributed by atoms with Crippen LogP contribution >= 0.6 is 0 Å². The molecule has 0 aliphatic carbocycles. The van der Waals surface area contributed by atoms with Gasteiger partial charge >= 0.3 is 0 Å². The number of nitrogens with zero attached hydrogens (tertiary/aromatic N) is 1. The molecule has 0 saturated carbocycles. The largest absolute Gasteiger partial charge is 0.489 e. The van der Waals surface area contributed by atoms with Crippen molar-refractivity contribution >= 4 is 5.69 Å². The third-order valence-electron chi connectivity index (χ3n) is 3.13. The number of aliphatic hydroxyl groups is 1. The molecule has 0 aliphatic rings. The van der Waals surface area contributed by atoms with E-state index in [1.807, 2.05) is 25.1 Å². The van der Waals surface area contributed by atoms with Gasteiger partial charge < -0.3 is 9.84 Å². The Morgan fingerprint density at radius 1 is 1.29 bits per heavy atom. The quantitative estimate of drug-likeness (QED) is 0.674. The number of aliphatic hydroxyl groups excluding tert-OH is 1. The maximum Gasteiger partial charge on any atom is 0.269 e. The number of non-ortho nitro benzene ring substituents is 1. The number of aryl methyl sites for hydroxylation is 1. The standard InChI is InChI=1S/C16H17NO4/c1-11-6-7-15(12(2)18)16(8-11)21-10-13-4-3-5-14(9-13)17(19)20/h3-9,12,18H,10H2,1-2H3. The highest BCUT2D eigenvalue weighted by atomic mass is 16.6. The normalized spacial score (nSPS) is 12.0. The van der Waals surface area contributed by atoms with Crippen molar-refractivity contribution in [1.29, 1.82) is 0 Å². The van der Waals surface area contributed by atoms with Gasteiger partial charge in [0.05, 0.1) is 11.0 Å². The molecule has 0 bridgehead atoms. The van der Waals surface area contributed by atoms with Crippen LogP contribution in [0, 0.1) is 17.0 Å². The molecule has 21 heavy (non-hydrogen) atoms. The second kappa shape index (κ2) is 6.37. The Kier molecular flexibility index (Phi) is 4.55. The number of ether oxygens (including phenoxy) is 1. The molecule has 0 heterocycles. The molecular weight excluding hydrogens is 270 g/mol. The summed E-state index contributed by atoms with van der Waals surface area (Å²) in [6.07, 6.45) is -0.634. The average molecular weight is 287 g/mol. The Morgan fingerprint density at radius 3 is 2.71 bits per heavy atom. The molecule has 0 aromatic heterocycles. The predicted molar refractivity (Wildman–Crippen MR) is 79.2 cm³/mol. The average Bonchev–Trinajstić information content (AvgIpc) is 2.45. The van der Waals surface area contributed by atoms with Gasteiger partial charge in [-0.2, -0.15) is 0 Å². The first-order chi connectivity index (χ1) is 9.97. The minimum Gasteiger partial charge on any atom is -0.489 e. The van der Waals surface area contributed by atoms with Gasteiger partial charge in [-0.25, -0.2) is 0 Å². The maximum absolute atomic E-state index is 10.7. The highest BCUT2D eigenvalue weighted by Gasteiger charge is 2.11. The van der Waals surface area contributed by atoms with Crippen molar-refractivity contribution in [1.82, 2.24) is 0 Å². The van der Waals surface area contributed by atoms with E-state index in [1.165, 1.54) is 12.1 Å². The summed E-state index contributed by atoms with van der Waals surface area (Å²) in [5.41, 5.74) is 2.47. The summed E-state index contributed by atoms with van der Waals surface area (Å²) in [7, 11) is 0.